The number of rotatable bonds is 24. The quantitative estimate of drug-likeness (QED) is 0.0224. The van der Waals surface area contributed by atoms with Crippen molar-refractivity contribution in [2.45, 2.75) is 119 Å². The number of hydrogen-bond donors (Lipinski definition) is 2. The van der Waals surface area contributed by atoms with Crippen LogP contribution in [0.1, 0.15) is 106 Å². The second-order valence-electron chi connectivity index (χ2n) is 19.6. The summed E-state index contributed by atoms with van der Waals surface area (Å²) >= 11 is 1.66. The number of fused-ring (bicyclic) bond motifs is 3. The first kappa shape index (κ1) is 51.0. The van der Waals surface area contributed by atoms with Gasteiger partial charge < -0.3 is 43.6 Å². The third kappa shape index (κ3) is 11.3. The smallest absolute Gasteiger partial charge is 0.269 e. The molecule has 3 aliphatic carbocycles. The Morgan fingerprint density at radius 2 is 1.62 bits per heavy atom. The Morgan fingerprint density at radius 3 is 2.36 bits per heavy atom. The first-order chi connectivity index (χ1) is 35.2. The van der Waals surface area contributed by atoms with Crippen molar-refractivity contribution in [3.05, 3.63) is 136 Å². The van der Waals surface area contributed by atoms with Crippen molar-refractivity contribution < 1.29 is 48.5 Å². The van der Waals surface area contributed by atoms with Gasteiger partial charge in [-0.05, 0) is 140 Å². The Labute approximate surface area is 426 Å². The Balaban J connectivity index is 1.22. The number of non-ortho nitro benzene ring substituents is 1. The fraction of sp³-hybridized carbons (Fsp3) is 0.474. The number of nitro groups is 1. The molecule has 0 bridgehead atoms. The second kappa shape index (κ2) is 23.8. The van der Waals surface area contributed by atoms with Crippen LogP contribution in [0.25, 0.3) is 0 Å². The van der Waals surface area contributed by atoms with E-state index >= 15 is 4.79 Å². The van der Waals surface area contributed by atoms with Crippen LogP contribution in [-0.2, 0) is 27.5 Å². The summed E-state index contributed by atoms with van der Waals surface area (Å²) in [7, 11) is 0. The van der Waals surface area contributed by atoms with Gasteiger partial charge in [-0.2, -0.15) is 0 Å². The summed E-state index contributed by atoms with van der Waals surface area (Å²) in [6, 6.07) is 25.3. The molecule has 0 radical (unpaired) electrons. The molecule has 2 fully saturated rings. The van der Waals surface area contributed by atoms with E-state index in [0.29, 0.717) is 65.2 Å². The van der Waals surface area contributed by atoms with Gasteiger partial charge in [-0.1, -0.05) is 61.9 Å². The van der Waals surface area contributed by atoms with Gasteiger partial charge in [-0.3, -0.25) is 14.9 Å². The summed E-state index contributed by atoms with van der Waals surface area (Å²) in [6.07, 6.45) is 16.4. The van der Waals surface area contributed by atoms with Gasteiger partial charge in [-0.15, -0.1) is 18.3 Å². The Kier molecular flexibility index (Phi) is 16.9. The number of ether oxygens (including phenoxy) is 5. The molecule has 15 heteroatoms. The van der Waals surface area contributed by atoms with E-state index in [0.717, 1.165) is 66.5 Å². The number of aliphatic hydroxyl groups is 2. The highest BCUT2D eigenvalue weighted by Crippen LogP contribution is 2.62. The number of carbonyl (C=O) groups is 1. The van der Waals surface area contributed by atoms with Crippen molar-refractivity contribution in [2.75, 3.05) is 32.9 Å². The van der Waals surface area contributed by atoms with Gasteiger partial charge in [0.2, 0.25) is 18.5 Å². The lowest BCUT2D eigenvalue weighted by Crippen LogP contribution is -2.70. The van der Waals surface area contributed by atoms with E-state index in [9.17, 15) is 20.3 Å². The minimum atomic E-state index is -1.46. The number of allylic oxidation sites excluding steroid dienone is 1. The summed E-state index contributed by atoms with van der Waals surface area (Å²) in [5, 5.41) is 36.7. The summed E-state index contributed by atoms with van der Waals surface area (Å²) in [6.45, 7) is 4.78. The topological polar surface area (TPSA) is 172 Å². The molecule has 6 unspecified atom stereocenters. The molecule has 4 aromatic carbocycles. The maximum Gasteiger partial charge on any atom is 0.269 e. The van der Waals surface area contributed by atoms with E-state index in [1.165, 1.54) is 25.0 Å². The van der Waals surface area contributed by atoms with E-state index in [2.05, 4.69) is 18.7 Å². The third-order valence-corrected chi connectivity index (χ3v) is 16.0. The summed E-state index contributed by atoms with van der Waals surface area (Å²) in [4.78, 5) is 35.9. The molecule has 6 atom stereocenters. The largest absolute Gasteiger partial charge is 0.459 e. The number of aliphatic hydroxyl groups excluding tert-OH is 2. The monoisotopic (exact) mass is 1000 g/mol. The number of unbranched alkanes of at least 4 members (excludes halogenated alkanes) is 2. The fourth-order valence-corrected chi connectivity index (χ4v) is 12.2. The summed E-state index contributed by atoms with van der Waals surface area (Å²) < 4.78 is 33.0. The Bertz CT molecular complexity index is 2580. The number of thioether (sulfide) groups is 1. The van der Waals surface area contributed by atoms with Crippen LogP contribution in [-0.4, -0.2) is 76.4 Å². The van der Waals surface area contributed by atoms with Crippen molar-refractivity contribution in [3.63, 3.8) is 0 Å². The first-order valence-corrected chi connectivity index (χ1v) is 26.9. The van der Waals surface area contributed by atoms with Crippen LogP contribution in [0, 0.1) is 33.8 Å². The lowest BCUT2D eigenvalue weighted by atomic mass is 9.55. The number of oxime groups is 1. The van der Waals surface area contributed by atoms with Gasteiger partial charge in [0.05, 0.1) is 23.2 Å². The van der Waals surface area contributed by atoms with Gasteiger partial charge in [0, 0.05) is 61.1 Å². The normalized spacial score (nSPS) is 23.4. The van der Waals surface area contributed by atoms with Crippen LogP contribution in [0.5, 0.6) is 28.7 Å². The van der Waals surface area contributed by atoms with Crippen molar-refractivity contribution in [1.82, 2.24) is 4.90 Å². The number of hydrogen-bond acceptors (Lipinski definition) is 13. The average Bonchev–Trinajstić information content (AvgIpc) is 4.11. The van der Waals surface area contributed by atoms with Crippen LogP contribution in [0.2, 0.25) is 0 Å². The number of carbonyl (C=O) groups excluding carboxylic acids is 1. The molecule has 9 rings (SSSR count). The zero-order valence-corrected chi connectivity index (χ0v) is 42.0. The SMILES string of the molecule is C=CCOC12Oc3ccc(Oc4ccc(SC)cc4)cc3C3C(CCCCO)C(CCCCO)C=C(C(=NOCc4ccc([N+](=O)[O-])cc4)CC1N(Cc1ccc4c(c1)OCO4)C(=O)CCC1CCCC1)C32. The average molecular weight is 1000 g/mol. The predicted octanol–water partition coefficient (Wildman–Crippen LogP) is 11.7. The number of nitro benzene ring substituents is 1. The lowest BCUT2D eigenvalue weighted by Gasteiger charge is -2.60. The Morgan fingerprint density at radius 1 is 0.903 bits per heavy atom. The number of nitrogens with zero attached hydrogens (tertiary/aromatic N) is 3. The lowest BCUT2D eigenvalue weighted by molar-refractivity contribution is -0.384. The molecule has 5 aliphatic rings. The molecule has 2 N–H and O–H groups in total. The highest BCUT2D eigenvalue weighted by atomic mass is 32.2. The van der Waals surface area contributed by atoms with E-state index in [4.69, 9.17) is 33.7 Å². The molecule has 1 amide bonds. The minimum absolute atomic E-state index is 0.0101. The molecule has 0 aromatic heterocycles. The van der Waals surface area contributed by atoms with Gasteiger partial charge in [0.15, 0.2) is 11.5 Å². The maximum atomic E-state index is 15.4. The van der Waals surface area contributed by atoms with Gasteiger partial charge in [0.25, 0.3) is 5.69 Å². The van der Waals surface area contributed by atoms with Gasteiger partial charge in [0.1, 0.15) is 29.9 Å². The van der Waals surface area contributed by atoms with Crippen LogP contribution < -0.4 is 18.9 Å². The molecule has 72 heavy (non-hydrogen) atoms. The highest BCUT2D eigenvalue weighted by molar-refractivity contribution is 7.98. The van der Waals surface area contributed by atoms with Crippen LogP contribution in [0.3, 0.4) is 0 Å². The number of benzene rings is 4. The fourth-order valence-electron chi connectivity index (χ4n) is 11.8. The molecular formula is C57H67N3O11S. The molecule has 0 spiro atoms. The summed E-state index contributed by atoms with van der Waals surface area (Å²) in [5.74, 6) is 1.47. The van der Waals surface area contributed by atoms with Crippen molar-refractivity contribution >= 4 is 29.1 Å². The first-order valence-electron chi connectivity index (χ1n) is 25.7. The van der Waals surface area contributed by atoms with Crippen LogP contribution >= 0.6 is 11.8 Å². The molecule has 2 saturated carbocycles. The van der Waals surface area contributed by atoms with E-state index in [-0.39, 0.29) is 75.5 Å². The van der Waals surface area contributed by atoms with Crippen LogP contribution in [0.15, 0.2) is 119 Å². The van der Waals surface area contributed by atoms with Crippen molar-refractivity contribution in [3.8, 4) is 28.7 Å². The molecule has 0 saturated heterocycles. The zero-order valence-electron chi connectivity index (χ0n) is 41.2. The van der Waals surface area contributed by atoms with E-state index < -0.39 is 22.7 Å². The Hall–Kier alpha value is -5.87. The third-order valence-electron chi connectivity index (χ3n) is 15.2. The molecule has 2 aliphatic heterocycles. The number of amides is 1. The van der Waals surface area contributed by atoms with E-state index in [1.54, 1.807) is 30.0 Å². The van der Waals surface area contributed by atoms with E-state index in [1.807, 2.05) is 65.8 Å². The molecule has 14 nitrogen and oxygen atoms in total. The predicted molar refractivity (Wildman–Crippen MR) is 275 cm³/mol. The van der Waals surface area contributed by atoms with Gasteiger partial charge >= 0.3 is 0 Å². The standard InChI is InChI=1S/C57H67N3O11S/c1-3-30-68-57-53(59(54(63)27-17-38-10-4-5-11-38)35-40-16-25-51-52(31-40)67-37-66-51)34-49(58-69-36-39-14-18-42(19-15-39)60(64)65)47-32-41(12-6-8-28-61)46(13-7-9-29-62)55(56(47)57)48-33-44(22-26-50(48)71-57)70-43-20-23-45(72-2)24-21-43/h3,14-16,18-26,31-33,38,41,46,53,55-56,61-62H,1,4-13,17,27-30,34-37H2,2H3. The van der Waals surface area contributed by atoms with Crippen molar-refractivity contribution in [1.29, 1.82) is 0 Å². The maximum absolute atomic E-state index is 15.4. The minimum Gasteiger partial charge on any atom is -0.459 e. The van der Waals surface area contributed by atoms with Crippen molar-refractivity contribution in [2.24, 2.45) is 28.8 Å². The zero-order chi connectivity index (χ0) is 50.0. The van der Waals surface area contributed by atoms with Crippen LogP contribution in [0.4, 0.5) is 5.69 Å². The highest BCUT2D eigenvalue weighted by Gasteiger charge is 2.65. The molecule has 2 heterocycles. The van der Waals surface area contributed by atoms with Gasteiger partial charge in [-0.25, -0.2) is 0 Å². The second-order valence-corrected chi connectivity index (χ2v) is 20.5. The molecule has 382 valence electrons. The molecule has 4 aromatic rings. The molecular weight excluding hydrogens is 935 g/mol. The summed E-state index contributed by atoms with van der Waals surface area (Å²) in [5.41, 5.74) is 4.06.